The summed E-state index contributed by atoms with van der Waals surface area (Å²) in [6.07, 6.45) is 0. The first-order valence-electron chi connectivity index (χ1n) is 3.91. The van der Waals surface area contributed by atoms with Crippen LogP contribution in [0.1, 0.15) is 5.56 Å². The van der Waals surface area contributed by atoms with Crippen molar-refractivity contribution in [1.29, 1.82) is 0 Å². The van der Waals surface area contributed by atoms with Gasteiger partial charge in [-0.1, -0.05) is 0 Å². The average molecular weight is 220 g/mol. The Kier molecular flexibility index (Phi) is 2.83. The number of nitrogens with one attached hydrogen (secondary N) is 1. The second-order valence-electron chi connectivity index (χ2n) is 2.80. The molecule has 1 aromatic carbocycles. The zero-order chi connectivity index (χ0) is 11.7. The molecule has 0 spiro atoms. The third kappa shape index (κ3) is 1.60. The molecule has 0 amide bonds. The van der Waals surface area contributed by atoms with Gasteiger partial charge in [-0.15, -0.1) is 0 Å². The number of nitro groups is 1. The number of hydrogen-bond donors (Lipinski definition) is 1. The third-order valence-electron chi connectivity index (χ3n) is 1.95. The number of benzene rings is 1. The summed E-state index contributed by atoms with van der Waals surface area (Å²) in [5, 5.41) is 12.5. The lowest BCUT2D eigenvalue weighted by Gasteiger charge is -2.07. The van der Waals surface area contributed by atoms with Gasteiger partial charge < -0.3 is 5.32 Å². The van der Waals surface area contributed by atoms with Crippen molar-refractivity contribution in [3.63, 3.8) is 0 Å². The maximum atomic E-state index is 13.3. The summed E-state index contributed by atoms with van der Waals surface area (Å²) in [6, 6.07) is 0. The number of nitro benzene ring substituents is 1. The Morgan fingerprint density at radius 2 is 1.73 bits per heavy atom. The van der Waals surface area contributed by atoms with Gasteiger partial charge in [-0.05, 0) is 6.92 Å². The van der Waals surface area contributed by atoms with E-state index in [4.69, 9.17) is 0 Å². The Hall–Kier alpha value is -1.79. The molecule has 1 N–H and O–H groups in total. The van der Waals surface area contributed by atoms with Crippen LogP contribution in [0.3, 0.4) is 0 Å². The van der Waals surface area contributed by atoms with Gasteiger partial charge in [0.2, 0.25) is 5.82 Å². The van der Waals surface area contributed by atoms with E-state index >= 15 is 0 Å². The zero-order valence-electron chi connectivity index (χ0n) is 7.90. The molecular formula is C8H7F3N2O2. The number of nitrogens with zero attached hydrogens (tertiary/aromatic N) is 1. The quantitative estimate of drug-likeness (QED) is 0.473. The molecule has 0 aliphatic heterocycles. The van der Waals surface area contributed by atoms with Gasteiger partial charge in [0.1, 0.15) is 0 Å². The van der Waals surface area contributed by atoms with E-state index in [9.17, 15) is 23.3 Å². The molecule has 0 heterocycles. The minimum Gasteiger partial charge on any atom is -0.380 e. The summed E-state index contributed by atoms with van der Waals surface area (Å²) in [5.74, 6) is -4.26. The predicted molar refractivity (Wildman–Crippen MR) is 47.3 cm³/mol. The highest BCUT2D eigenvalue weighted by Crippen LogP contribution is 2.34. The first kappa shape index (κ1) is 11.3. The highest BCUT2D eigenvalue weighted by Gasteiger charge is 2.29. The van der Waals surface area contributed by atoms with Crippen molar-refractivity contribution in [1.82, 2.24) is 0 Å². The predicted octanol–water partition coefficient (Wildman–Crippen LogP) is 2.36. The lowest BCUT2D eigenvalue weighted by atomic mass is 10.1. The van der Waals surface area contributed by atoms with E-state index in [-0.39, 0.29) is 0 Å². The molecule has 7 heteroatoms. The fraction of sp³-hybridized carbons (Fsp3) is 0.250. The van der Waals surface area contributed by atoms with Gasteiger partial charge in [-0.3, -0.25) is 10.1 Å². The number of rotatable bonds is 2. The molecule has 0 unspecified atom stereocenters. The van der Waals surface area contributed by atoms with Crippen LogP contribution in [-0.2, 0) is 0 Å². The van der Waals surface area contributed by atoms with Crippen LogP contribution in [0.25, 0.3) is 0 Å². The molecule has 0 aliphatic rings. The van der Waals surface area contributed by atoms with Crippen LogP contribution in [-0.4, -0.2) is 12.0 Å². The Morgan fingerprint density at radius 1 is 1.20 bits per heavy atom. The average Bonchev–Trinajstić information content (AvgIpc) is 2.19. The summed E-state index contributed by atoms with van der Waals surface area (Å²) in [6.45, 7) is 0.931. The first-order chi connectivity index (χ1) is 6.91. The molecule has 0 bridgehead atoms. The summed E-state index contributed by atoms with van der Waals surface area (Å²) >= 11 is 0. The Morgan fingerprint density at radius 3 is 2.13 bits per heavy atom. The lowest BCUT2D eigenvalue weighted by molar-refractivity contribution is -0.386. The molecule has 4 nitrogen and oxygen atoms in total. The molecule has 0 saturated carbocycles. The molecule has 0 fully saturated rings. The minimum absolute atomic E-state index is 0.710. The molecule has 0 radical (unpaired) electrons. The minimum atomic E-state index is -1.46. The molecule has 0 atom stereocenters. The molecule has 82 valence electrons. The fourth-order valence-corrected chi connectivity index (χ4v) is 1.16. The van der Waals surface area contributed by atoms with Crippen LogP contribution >= 0.6 is 0 Å². The highest BCUT2D eigenvalue weighted by atomic mass is 19.2. The van der Waals surface area contributed by atoms with E-state index in [0.717, 1.165) is 14.0 Å². The third-order valence-corrected chi connectivity index (χ3v) is 1.95. The van der Waals surface area contributed by atoms with Crippen LogP contribution in [0, 0.1) is 34.5 Å². The molecule has 0 aliphatic carbocycles. The second-order valence-corrected chi connectivity index (χ2v) is 2.80. The van der Waals surface area contributed by atoms with E-state index in [1.54, 1.807) is 0 Å². The van der Waals surface area contributed by atoms with Crippen molar-refractivity contribution in [2.75, 3.05) is 12.4 Å². The van der Waals surface area contributed by atoms with Crippen molar-refractivity contribution < 1.29 is 18.1 Å². The monoisotopic (exact) mass is 220 g/mol. The van der Waals surface area contributed by atoms with E-state index in [2.05, 4.69) is 5.32 Å². The maximum Gasteiger partial charge on any atom is 0.331 e. The zero-order valence-corrected chi connectivity index (χ0v) is 7.90. The molecule has 1 rings (SSSR count). The van der Waals surface area contributed by atoms with Crippen molar-refractivity contribution >= 4 is 11.4 Å². The number of halogens is 3. The van der Waals surface area contributed by atoms with E-state index in [1.807, 2.05) is 0 Å². The summed E-state index contributed by atoms with van der Waals surface area (Å²) in [7, 11) is 1.14. The second kappa shape index (κ2) is 3.76. The topological polar surface area (TPSA) is 55.2 Å². The molecule has 0 saturated heterocycles. The van der Waals surface area contributed by atoms with Gasteiger partial charge >= 0.3 is 5.69 Å². The van der Waals surface area contributed by atoms with E-state index in [1.165, 1.54) is 0 Å². The van der Waals surface area contributed by atoms with Crippen LogP contribution < -0.4 is 5.32 Å². The van der Waals surface area contributed by atoms with Crippen LogP contribution in [0.5, 0.6) is 0 Å². The maximum absolute atomic E-state index is 13.3. The van der Waals surface area contributed by atoms with Gasteiger partial charge in [-0.25, -0.2) is 8.78 Å². The first-order valence-corrected chi connectivity index (χ1v) is 3.91. The smallest absolute Gasteiger partial charge is 0.331 e. The summed E-state index contributed by atoms with van der Waals surface area (Å²) < 4.78 is 39.4. The largest absolute Gasteiger partial charge is 0.380 e. The standard InChI is InChI=1S/C8H7F3N2O2/c1-3-4(9)6(11)7(12-2)8(5(3)10)13(14)15/h12H,1-2H3. The molecule has 15 heavy (non-hydrogen) atoms. The van der Waals surface area contributed by atoms with Gasteiger partial charge in [0.25, 0.3) is 0 Å². The molecule has 0 aromatic heterocycles. The van der Waals surface area contributed by atoms with Crippen LogP contribution in [0.2, 0.25) is 0 Å². The summed E-state index contributed by atoms with van der Waals surface area (Å²) in [5.41, 5.74) is -2.59. The van der Waals surface area contributed by atoms with E-state index < -0.39 is 39.3 Å². The van der Waals surface area contributed by atoms with E-state index in [0.29, 0.717) is 0 Å². The fourth-order valence-electron chi connectivity index (χ4n) is 1.16. The Balaban J connectivity index is 3.70. The SMILES string of the molecule is CNc1c(F)c(F)c(C)c(F)c1[N+](=O)[O-]. The van der Waals surface area contributed by atoms with Gasteiger partial charge in [-0.2, -0.15) is 4.39 Å². The van der Waals surface area contributed by atoms with Crippen molar-refractivity contribution in [2.45, 2.75) is 6.92 Å². The summed E-state index contributed by atoms with van der Waals surface area (Å²) in [4.78, 5) is 9.35. The Bertz CT molecular complexity index is 435. The van der Waals surface area contributed by atoms with Crippen LogP contribution in [0.15, 0.2) is 0 Å². The normalized spacial score (nSPS) is 10.2. The molecule has 1 aromatic rings. The number of hydrogen-bond acceptors (Lipinski definition) is 3. The number of anilines is 1. The van der Waals surface area contributed by atoms with Crippen molar-refractivity contribution in [2.24, 2.45) is 0 Å². The van der Waals surface area contributed by atoms with Crippen molar-refractivity contribution in [3.05, 3.63) is 33.1 Å². The molecular weight excluding hydrogens is 213 g/mol. The van der Waals surface area contributed by atoms with Crippen molar-refractivity contribution in [3.8, 4) is 0 Å². The van der Waals surface area contributed by atoms with Gasteiger partial charge in [0.15, 0.2) is 17.3 Å². The Labute approximate surface area is 82.9 Å². The van der Waals surface area contributed by atoms with Gasteiger partial charge in [0, 0.05) is 12.6 Å². The van der Waals surface area contributed by atoms with Crippen LogP contribution in [0.4, 0.5) is 24.5 Å². The highest BCUT2D eigenvalue weighted by molar-refractivity contribution is 5.64. The van der Waals surface area contributed by atoms with Gasteiger partial charge in [0.05, 0.1) is 4.92 Å². The lowest BCUT2D eigenvalue weighted by Crippen LogP contribution is -2.07.